The van der Waals surface area contributed by atoms with Crippen molar-refractivity contribution >= 4 is 46.6 Å². The number of para-hydroxylation sites is 2. The minimum atomic E-state index is 0. The maximum atomic E-state index is 10.7. The van der Waals surface area contributed by atoms with Gasteiger partial charge in [-0.3, -0.25) is 9.98 Å². The molecule has 55 heavy (non-hydrogen) atoms. The minimum Gasteiger partial charge on any atom is -0.505 e. The van der Waals surface area contributed by atoms with Crippen LogP contribution in [0.2, 0.25) is 0 Å². The molecular weight excluding hydrogens is 727 g/mol. The third-order valence-corrected chi connectivity index (χ3v) is 9.55. The summed E-state index contributed by atoms with van der Waals surface area (Å²) in [7, 11) is 15.7. The molecule has 0 amide bonds. The average Bonchev–Trinajstić information content (AvgIpc) is 3.09. The van der Waals surface area contributed by atoms with E-state index in [1.165, 1.54) is 22.3 Å². The van der Waals surface area contributed by atoms with E-state index in [-0.39, 0.29) is 28.0 Å². The molecular formula is C46H66N6NiO2. The van der Waals surface area contributed by atoms with Gasteiger partial charge in [-0.15, -0.1) is 0 Å². The summed E-state index contributed by atoms with van der Waals surface area (Å²) in [4.78, 5) is 17.6. The van der Waals surface area contributed by atoms with Crippen molar-refractivity contribution in [2.45, 2.75) is 79.1 Å². The predicted octanol–water partition coefficient (Wildman–Crippen LogP) is 11.0. The third kappa shape index (κ3) is 11.8. The van der Waals surface area contributed by atoms with Gasteiger partial charge < -0.3 is 29.8 Å². The van der Waals surface area contributed by atoms with E-state index in [9.17, 15) is 10.2 Å². The molecule has 302 valence electrons. The van der Waals surface area contributed by atoms with Gasteiger partial charge in [-0.2, -0.15) is 0 Å². The molecule has 4 aromatic rings. The van der Waals surface area contributed by atoms with Crippen LogP contribution in [0.25, 0.3) is 0 Å². The number of phenols is 2. The van der Waals surface area contributed by atoms with Crippen molar-refractivity contribution in [1.29, 1.82) is 0 Å². The van der Waals surface area contributed by atoms with E-state index in [0.29, 0.717) is 23.7 Å². The van der Waals surface area contributed by atoms with E-state index in [1.54, 1.807) is 12.4 Å². The van der Waals surface area contributed by atoms with Gasteiger partial charge in [0.05, 0.1) is 22.7 Å². The van der Waals surface area contributed by atoms with Crippen molar-refractivity contribution in [2.24, 2.45) is 9.98 Å². The molecule has 0 saturated heterocycles. The molecule has 9 heteroatoms. The summed E-state index contributed by atoms with van der Waals surface area (Å²) in [5.74, 6) is 2.04. The molecule has 4 rings (SSSR count). The number of phenolic OH excluding ortho intramolecular Hbond substituents is 2. The first kappa shape index (κ1) is 46.7. The summed E-state index contributed by atoms with van der Waals surface area (Å²) < 4.78 is 0. The second-order valence-corrected chi connectivity index (χ2v) is 16.1. The molecule has 0 heterocycles. The molecule has 2 N–H and O–H groups in total. The summed E-state index contributed by atoms with van der Waals surface area (Å²) in [5, 5.41) is 21.5. The number of rotatable bonds is 12. The van der Waals surface area contributed by atoms with Gasteiger partial charge in [0, 0.05) is 108 Å². The first-order valence-corrected chi connectivity index (χ1v) is 19.0. The second kappa shape index (κ2) is 20.4. The quantitative estimate of drug-likeness (QED) is 0.110. The number of aromatic hydroxyl groups is 2. The fourth-order valence-corrected chi connectivity index (χ4v) is 6.24. The first-order chi connectivity index (χ1) is 25.3. The van der Waals surface area contributed by atoms with Gasteiger partial charge in [-0.25, -0.2) is 0 Å². The Morgan fingerprint density at radius 3 is 0.945 bits per heavy atom. The van der Waals surface area contributed by atoms with Gasteiger partial charge >= 0.3 is 0 Å². The van der Waals surface area contributed by atoms with Crippen LogP contribution in [0.3, 0.4) is 0 Å². The van der Waals surface area contributed by atoms with Crippen molar-refractivity contribution in [3.63, 3.8) is 0 Å². The van der Waals surface area contributed by atoms with Gasteiger partial charge in [0.2, 0.25) is 0 Å². The van der Waals surface area contributed by atoms with Crippen molar-refractivity contribution in [3.05, 3.63) is 94.0 Å². The average molecular weight is 794 g/mol. The Bertz CT molecular complexity index is 1730. The summed E-state index contributed by atoms with van der Waals surface area (Å²) in [6.45, 7) is 17.5. The zero-order chi connectivity index (χ0) is 40.6. The molecule has 0 fully saturated rings. The molecule has 0 aliphatic carbocycles. The van der Waals surface area contributed by atoms with Crippen LogP contribution in [0.4, 0.5) is 34.1 Å². The fraction of sp³-hybridized carbons (Fsp3) is 0.435. The summed E-state index contributed by atoms with van der Waals surface area (Å²) in [5.41, 5.74) is 12.0. The largest absolute Gasteiger partial charge is 0.505 e. The minimum absolute atomic E-state index is 0. The Hall–Kier alpha value is -4.49. The third-order valence-electron chi connectivity index (χ3n) is 9.55. The Kier molecular flexibility index (Phi) is 17.3. The molecule has 0 saturated carbocycles. The number of hydrogen-bond acceptors (Lipinski definition) is 8. The molecule has 0 aromatic heterocycles. The maximum absolute atomic E-state index is 10.7. The SMILES string of the molecule is CC(C)c1cccc(C(C)C)c1N=Cc1cc(N(C)C)cc(N(C)C)c1O.CC(C)c1cccc(C(C)C)c1N=Cc1cc(N(C)C)cc(N(C)C)c1O.[Ni]. The van der Waals surface area contributed by atoms with E-state index < -0.39 is 0 Å². The van der Waals surface area contributed by atoms with Crippen LogP contribution >= 0.6 is 0 Å². The molecule has 0 aliphatic heterocycles. The van der Waals surface area contributed by atoms with Gasteiger partial charge in [0.15, 0.2) is 0 Å². The van der Waals surface area contributed by atoms with E-state index >= 15 is 0 Å². The van der Waals surface area contributed by atoms with E-state index in [2.05, 4.69) is 91.8 Å². The Labute approximate surface area is 342 Å². The van der Waals surface area contributed by atoms with Crippen LogP contribution in [0.1, 0.15) is 112 Å². The molecule has 0 radical (unpaired) electrons. The smallest absolute Gasteiger partial charge is 0.147 e. The predicted molar refractivity (Wildman–Crippen MR) is 237 cm³/mol. The molecule has 0 spiro atoms. The van der Waals surface area contributed by atoms with E-state index in [0.717, 1.165) is 45.3 Å². The van der Waals surface area contributed by atoms with Crippen LogP contribution < -0.4 is 19.6 Å². The molecule has 0 bridgehead atoms. The molecule has 0 aliphatic rings. The Balaban J connectivity index is 0.000000373. The number of hydrogen-bond donors (Lipinski definition) is 2. The monoisotopic (exact) mass is 792 g/mol. The van der Waals surface area contributed by atoms with Crippen molar-refractivity contribution in [3.8, 4) is 11.5 Å². The number of anilines is 4. The molecule has 0 atom stereocenters. The molecule has 8 nitrogen and oxygen atoms in total. The van der Waals surface area contributed by atoms with E-state index in [4.69, 9.17) is 9.98 Å². The van der Waals surface area contributed by atoms with Gasteiger partial charge in [-0.05, 0) is 70.2 Å². The standard InChI is InChI=1S/2C23H33N3O.Ni/c2*1-15(2)19-10-9-11-20(16(3)4)22(19)24-14-17-12-18(25(5)6)13-21(23(17)27)26(7)8;/h2*9-16,27H,1-8H3;. The zero-order valence-corrected chi connectivity index (χ0v) is 37.1. The van der Waals surface area contributed by atoms with E-state index in [1.807, 2.05) is 100 Å². The summed E-state index contributed by atoms with van der Waals surface area (Å²) in [6.07, 6.45) is 3.59. The number of benzene rings is 4. The number of nitrogens with zero attached hydrogens (tertiary/aromatic N) is 6. The Morgan fingerprint density at radius 1 is 0.455 bits per heavy atom. The molecule has 0 unspecified atom stereocenters. The normalized spacial score (nSPS) is 11.4. The number of aliphatic imine (C=N–C) groups is 2. The van der Waals surface area contributed by atoms with Crippen LogP contribution in [-0.4, -0.2) is 79.0 Å². The van der Waals surface area contributed by atoms with Crippen LogP contribution in [-0.2, 0) is 16.5 Å². The summed E-state index contributed by atoms with van der Waals surface area (Å²) >= 11 is 0. The van der Waals surface area contributed by atoms with Crippen molar-refractivity contribution in [2.75, 3.05) is 76.0 Å². The topological polar surface area (TPSA) is 78.1 Å². The first-order valence-electron chi connectivity index (χ1n) is 19.0. The van der Waals surface area contributed by atoms with Crippen molar-refractivity contribution in [1.82, 2.24) is 0 Å². The summed E-state index contributed by atoms with van der Waals surface area (Å²) in [6, 6.07) is 20.7. The van der Waals surface area contributed by atoms with Gasteiger partial charge in [-0.1, -0.05) is 91.8 Å². The zero-order valence-electron chi connectivity index (χ0n) is 36.1. The van der Waals surface area contributed by atoms with Gasteiger partial charge in [0.25, 0.3) is 0 Å². The fourth-order valence-electron chi connectivity index (χ4n) is 6.24. The Morgan fingerprint density at radius 2 is 0.727 bits per heavy atom. The van der Waals surface area contributed by atoms with Crippen LogP contribution in [0.15, 0.2) is 70.6 Å². The van der Waals surface area contributed by atoms with Gasteiger partial charge in [0.1, 0.15) is 11.5 Å². The maximum Gasteiger partial charge on any atom is 0.147 e. The van der Waals surface area contributed by atoms with Crippen molar-refractivity contribution < 1.29 is 26.7 Å². The molecule has 4 aromatic carbocycles. The van der Waals surface area contributed by atoms with Crippen LogP contribution in [0.5, 0.6) is 11.5 Å². The van der Waals surface area contributed by atoms with Crippen LogP contribution in [0, 0.1) is 0 Å². The second-order valence-electron chi connectivity index (χ2n) is 16.1.